The van der Waals surface area contributed by atoms with Crippen molar-refractivity contribution in [2.75, 3.05) is 37.0 Å². The maximum Gasteiger partial charge on any atom is 0.222 e. The Morgan fingerprint density at radius 1 is 1.29 bits per heavy atom. The summed E-state index contributed by atoms with van der Waals surface area (Å²) in [5.74, 6) is 1.13. The van der Waals surface area contributed by atoms with E-state index in [4.69, 9.17) is 28.9 Å². The molecule has 1 aliphatic heterocycles. The van der Waals surface area contributed by atoms with E-state index >= 15 is 0 Å². The first kappa shape index (κ1) is 18.9. The monoisotopic (exact) mass is 370 g/mol. The minimum absolute atomic E-state index is 0.170. The lowest BCUT2D eigenvalue weighted by Gasteiger charge is -2.37. The van der Waals surface area contributed by atoms with Gasteiger partial charge in [0.2, 0.25) is 5.91 Å². The number of hydrogen-bond acceptors (Lipinski definition) is 3. The van der Waals surface area contributed by atoms with Gasteiger partial charge in [-0.2, -0.15) is 0 Å². The predicted molar refractivity (Wildman–Crippen MR) is 102 cm³/mol. The lowest BCUT2D eigenvalue weighted by Crippen LogP contribution is -2.49. The van der Waals surface area contributed by atoms with E-state index in [2.05, 4.69) is 23.7 Å². The third-order valence-electron chi connectivity index (χ3n) is 3.89. The van der Waals surface area contributed by atoms with Crippen molar-refractivity contribution in [1.29, 1.82) is 0 Å². The number of amidine groups is 1. The fourth-order valence-electron chi connectivity index (χ4n) is 2.71. The molecule has 1 aliphatic rings. The van der Waals surface area contributed by atoms with Gasteiger partial charge in [0, 0.05) is 37.6 Å². The lowest BCUT2D eigenvalue weighted by atomic mass is 10.1. The summed E-state index contributed by atoms with van der Waals surface area (Å²) in [6.07, 6.45) is 0.600. The maximum atomic E-state index is 12.2. The summed E-state index contributed by atoms with van der Waals surface area (Å²) >= 11 is 11.8. The molecule has 0 atom stereocenters. The van der Waals surface area contributed by atoms with Gasteiger partial charge in [-0.3, -0.25) is 4.79 Å². The van der Waals surface area contributed by atoms with Crippen LogP contribution >= 0.6 is 23.2 Å². The Hall–Kier alpha value is -1.46. The number of nitrogens with two attached hydrogens (primary N) is 1. The molecule has 5 nitrogen and oxygen atoms in total. The molecular weight excluding hydrogens is 347 g/mol. The average Bonchev–Trinajstić information content (AvgIpc) is 2.54. The van der Waals surface area contributed by atoms with Gasteiger partial charge in [-0.05, 0) is 24.1 Å². The molecule has 0 unspecified atom stereocenters. The van der Waals surface area contributed by atoms with Gasteiger partial charge in [0.15, 0.2) is 0 Å². The van der Waals surface area contributed by atoms with Gasteiger partial charge < -0.3 is 15.5 Å². The molecule has 1 aromatic carbocycles. The number of aliphatic imine (C=N–C) groups is 1. The van der Waals surface area contributed by atoms with E-state index < -0.39 is 0 Å². The largest absolute Gasteiger partial charge is 0.386 e. The second-order valence-electron chi connectivity index (χ2n) is 6.34. The molecule has 7 heteroatoms. The Morgan fingerprint density at radius 3 is 2.54 bits per heavy atom. The summed E-state index contributed by atoms with van der Waals surface area (Å²) in [4.78, 5) is 20.7. The van der Waals surface area contributed by atoms with Crippen molar-refractivity contribution in [1.82, 2.24) is 4.90 Å². The topological polar surface area (TPSA) is 61.9 Å². The fraction of sp³-hybridized carbons (Fsp3) is 0.529. The second-order valence-corrected chi connectivity index (χ2v) is 7.04. The minimum Gasteiger partial charge on any atom is -0.386 e. The van der Waals surface area contributed by atoms with E-state index in [9.17, 15) is 4.79 Å². The van der Waals surface area contributed by atoms with E-state index in [0.29, 0.717) is 42.0 Å². The van der Waals surface area contributed by atoms with Crippen molar-refractivity contribution in [2.24, 2.45) is 16.6 Å². The van der Waals surface area contributed by atoms with Gasteiger partial charge in [0.05, 0.1) is 17.3 Å². The molecule has 132 valence electrons. The second kappa shape index (κ2) is 8.58. The molecule has 1 aromatic rings. The van der Waals surface area contributed by atoms with Crippen molar-refractivity contribution in [3.8, 4) is 0 Å². The highest BCUT2D eigenvalue weighted by Gasteiger charge is 2.23. The minimum atomic E-state index is 0.170. The number of carbonyl (C=O) groups excluding carboxylic acids is 1. The zero-order valence-corrected chi connectivity index (χ0v) is 15.6. The van der Waals surface area contributed by atoms with Crippen LogP contribution in [0.3, 0.4) is 0 Å². The highest BCUT2D eigenvalue weighted by molar-refractivity contribution is 6.31. The first-order chi connectivity index (χ1) is 11.4. The number of carbonyl (C=O) groups is 1. The van der Waals surface area contributed by atoms with E-state index in [1.165, 1.54) is 0 Å². The van der Waals surface area contributed by atoms with Crippen LogP contribution in [-0.2, 0) is 4.79 Å². The van der Waals surface area contributed by atoms with Crippen LogP contribution in [0.2, 0.25) is 5.02 Å². The van der Waals surface area contributed by atoms with Gasteiger partial charge in [0.1, 0.15) is 5.84 Å². The quantitative estimate of drug-likeness (QED) is 0.491. The van der Waals surface area contributed by atoms with E-state index in [1.807, 2.05) is 17.0 Å². The van der Waals surface area contributed by atoms with Crippen molar-refractivity contribution in [3.05, 3.63) is 23.2 Å². The number of halogens is 2. The molecule has 0 spiro atoms. The standard InChI is InChI=1S/C17H24Cl2N4O/c1-12(2)9-17(24)23-7-5-22(6-8-23)15-4-3-13(19)10-14(15)21-16(20)11-18/h3-4,10,12H,5-9,11H2,1-2H3,(H2,20,21). The Morgan fingerprint density at radius 2 is 1.96 bits per heavy atom. The summed E-state index contributed by atoms with van der Waals surface area (Å²) in [6.45, 7) is 7.06. The number of anilines is 1. The number of benzene rings is 1. The van der Waals surface area contributed by atoms with Gasteiger partial charge >= 0.3 is 0 Å². The Kier molecular flexibility index (Phi) is 6.75. The highest BCUT2D eigenvalue weighted by atomic mass is 35.5. The first-order valence-corrected chi connectivity index (χ1v) is 9.03. The SMILES string of the molecule is CC(C)CC(=O)N1CCN(c2ccc(Cl)cc2N=C(N)CCl)CC1. The van der Waals surface area contributed by atoms with Crippen LogP contribution in [0.5, 0.6) is 0 Å². The van der Waals surface area contributed by atoms with Crippen molar-refractivity contribution in [2.45, 2.75) is 20.3 Å². The van der Waals surface area contributed by atoms with Crippen molar-refractivity contribution in [3.63, 3.8) is 0 Å². The molecule has 0 aromatic heterocycles. The number of rotatable bonds is 5. The zero-order chi connectivity index (χ0) is 17.7. The zero-order valence-electron chi connectivity index (χ0n) is 14.1. The molecule has 1 saturated heterocycles. The lowest BCUT2D eigenvalue weighted by molar-refractivity contribution is -0.132. The van der Waals surface area contributed by atoms with Crippen molar-refractivity contribution >= 4 is 46.3 Å². The number of hydrogen-bond donors (Lipinski definition) is 1. The van der Waals surface area contributed by atoms with Gasteiger partial charge in [-0.1, -0.05) is 25.4 Å². The van der Waals surface area contributed by atoms with Crippen LogP contribution in [-0.4, -0.2) is 48.7 Å². The van der Waals surface area contributed by atoms with Crippen molar-refractivity contribution < 1.29 is 4.79 Å². The third kappa shape index (κ3) is 5.02. The van der Waals surface area contributed by atoms with Crippen LogP contribution in [0, 0.1) is 5.92 Å². The number of alkyl halides is 1. The molecule has 2 rings (SSSR count). The molecule has 2 N–H and O–H groups in total. The number of piperazine rings is 1. The van der Waals surface area contributed by atoms with Crippen LogP contribution in [0.1, 0.15) is 20.3 Å². The van der Waals surface area contributed by atoms with Crippen LogP contribution in [0.4, 0.5) is 11.4 Å². The Bertz CT molecular complexity index is 611. The van der Waals surface area contributed by atoms with Crippen LogP contribution < -0.4 is 10.6 Å². The first-order valence-electron chi connectivity index (χ1n) is 8.12. The normalized spacial score (nSPS) is 16.0. The number of nitrogens with zero attached hydrogens (tertiary/aromatic N) is 3. The van der Waals surface area contributed by atoms with Gasteiger partial charge in [0.25, 0.3) is 0 Å². The van der Waals surface area contributed by atoms with E-state index in [0.717, 1.165) is 18.8 Å². The molecule has 1 heterocycles. The molecule has 1 fully saturated rings. The summed E-state index contributed by atoms with van der Waals surface area (Å²) in [5.41, 5.74) is 7.44. The molecule has 0 bridgehead atoms. The smallest absolute Gasteiger partial charge is 0.222 e. The maximum absolute atomic E-state index is 12.2. The molecular formula is C17H24Cl2N4O. The predicted octanol–water partition coefficient (Wildman–Crippen LogP) is 3.26. The Balaban J connectivity index is 2.10. The highest BCUT2D eigenvalue weighted by Crippen LogP contribution is 2.32. The molecule has 0 saturated carbocycles. The summed E-state index contributed by atoms with van der Waals surface area (Å²) in [7, 11) is 0. The summed E-state index contributed by atoms with van der Waals surface area (Å²) < 4.78 is 0. The fourth-order valence-corrected chi connectivity index (χ4v) is 2.94. The molecule has 24 heavy (non-hydrogen) atoms. The summed E-state index contributed by atoms with van der Waals surface area (Å²) in [5, 5.41) is 0.602. The van der Waals surface area contributed by atoms with E-state index in [-0.39, 0.29) is 11.8 Å². The average molecular weight is 371 g/mol. The third-order valence-corrected chi connectivity index (χ3v) is 4.40. The Labute approximate surface area is 153 Å². The molecule has 0 radical (unpaired) electrons. The van der Waals surface area contributed by atoms with E-state index in [1.54, 1.807) is 6.07 Å². The molecule has 0 aliphatic carbocycles. The van der Waals surface area contributed by atoms with Gasteiger partial charge in [-0.25, -0.2) is 4.99 Å². The molecule has 1 amide bonds. The van der Waals surface area contributed by atoms with Crippen LogP contribution in [0.25, 0.3) is 0 Å². The van der Waals surface area contributed by atoms with Gasteiger partial charge in [-0.15, -0.1) is 11.6 Å². The summed E-state index contributed by atoms with van der Waals surface area (Å²) in [6, 6.07) is 5.56. The number of amides is 1. The van der Waals surface area contributed by atoms with Crippen LogP contribution in [0.15, 0.2) is 23.2 Å².